The number of aromatic carboxylic acids is 1. The van der Waals surface area contributed by atoms with E-state index in [1.165, 1.54) is 17.0 Å². The Kier molecular flexibility index (Phi) is 4.57. The second kappa shape index (κ2) is 6.65. The molecule has 0 atom stereocenters. The van der Waals surface area contributed by atoms with Gasteiger partial charge in [-0.2, -0.15) is 0 Å². The molecule has 0 aromatic heterocycles. The lowest BCUT2D eigenvalue weighted by Crippen LogP contribution is -2.42. The second-order valence-corrected chi connectivity index (χ2v) is 6.35. The van der Waals surface area contributed by atoms with Crippen LogP contribution in [-0.2, 0) is 9.59 Å². The van der Waals surface area contributed by atoms with Gasteiger partial charge in [0.05, 0.1) is 5.56 Å². The first-order valence-corrected chi connectivity index (χ1v) is 8.25. The molecular formula is C17H17ClN2O4. The van der Waals surface area contributed by atoms with Crippen LogP contribution in [0.4, 0.5) is 5.69 Å². The van der Waals surface area contributed by atoms with Crippen LogP contribution in [0.1, 0.15) is 42.5 Å². The molecule has 1 heterocycles. The van der Waals surface area contributed by atoms with E-state index in [0.717, 1.165) is 32.1 Å². The topological polar surface area (TPSA) is 86.7 Å². The Bertz CT molecular complexity index is 738. The molecule has 2 N–H and O–H groups in total. The molecule has 1 aromatic carbocycles. The molecule has 6 nitrogen and oxygen atoms in total. The molecule has 0 saturated heterocycles. The Labute approximate surface area is 144 Å². The Balaban J connectivity index is 1.82. The molecule has 1 aliphatic heterocycles. The molecule has 1 aliphatic carbocycles. The molecule has 0 spiro atoms. The zero-order valence-corrected chi connectivity index (χ0v) is 13.7. The molecule has 1 aromatic rings. The predicted octanol–water partition coefficient (Wildman–Crippen LogP) is 2.95. The van der Waals surface area contributed by atoms with Crippen LogP contribution >= 0.6 is 11.6 Å². The maximum atomic E-state index is 12.6. The molecule has 0 unspecified atom stereocenters. The van der Waals surface area contributed by atoms with E-state index in [1.807, 2.05) is 0 Å². The summed E-state index contributed by atoms with van der Waals surface area (Å²) >= 11 is 6.08. The lowest BCUT2D eigenvalue weighted by molar-refractivity contribution is -0.140. The van der Waals surface area contributed by atoms with E-state index in [4.69, 9.17) is 16.7 Å². The van der Waals surface area contributed by atoms with Gasteiger partial charge in [0.15, 0.2) is 0 Å². The number of hydrogen-bond donors (Lipinski definition) is 2. The van der Waals surface area contributed by atoms with Crippen molar-refractivity contribution in [2.45, 2.75) is 38.1 Å². The van der Waals surface area contributed by atoms with Crippen molar-refractivity contribution in [1.29, 1.82) is 0 Å². The van der Waals surface area contributed by atoms with E-state index in [0.29, 0.717) is 5.69 Å². The molecule has 7 heteroatoms. The highest BCUT2D eigenvalue weighted by Crippen LogP contribution is 2.32. The molecule has 2 aliphatic rings. The number of nitrogens with zero attached hydrogens (tertiary/aromatic N) is 1. The number of carboxylic acid groups (broad SMARTS) is 1. The standard InChI is InChI=1S/C17H17ClN2O4/c18-13-14(19-11-6-4-5-10(9-11)17(23)24)16(22)20(15(13)21)12-7-2-1-3-8-12/h4-6,9,12,19H,1-3,7-8H2,(H,23,24). The monoisotopic (exact) mass is 348 g/mol. The smallest absolute Gasteiger partial charge is 0.335 e. The summed E-state index contributed by atoms with van der Waals surface area (Å²) in [5.41, 5.74) is 0.488. The number of nitrogens with one attached hydrogen (secondary N) is 1. The number of amides is 2. The summed E-state index contributed by atoms with van der Waals surface area (Å²) in [5.74, 6) is -2.00. The summed E-state index contributed by atoms with van der Waals surface area (Å²) in [4.78, 5) is 37.3. The van der Waals surface area contributed by atoms with Crippen LogP contribution in [0.15, 0.2) is 35.0 Å². The fraction of sp³-hybridized carbons (Fsp3) is 0.353. The zero-order chi connectivity index (χ0) is 17.3. The number of anilines is 1. The molecule has 126 valence electrons. The van der Waals surface area contributed by atoms with Gasteiger partial charge in [0, 0.05) is 11.7 Å². The molecule has 1 fully saturated rings. The first-order valence-electron chi connectivity index (χ1n) is 7.87. The minimum absolute atomic E-state index is 0.00905. The largest absolute Gasteiger partial charge is 0.478 e. The highest BCUT2D eigenvalue weighted by Gasteiger charge is 2.42. The Hall–Kier alpha value is -2.34. The maximum Gasteiger partial charge on any atom is 0.335 e. The number of halogens is 1. The van der Waals surface area contributed by atoms with E-state index in [1.54, 1.807) is 12.1 Å². The lowest BCUT2D eigenvalue weighted by Gasteiger charge is -2.29. The number of carboxylic acids is 1. The van der Waals surface area contributed by atoms with Crippen molar-refractivity contribution in [2.75, 3.05) is 5.32 Å². The first kappa shape index (κ1) is 16.5. The van der Waals surface area contributed by atoms with Crippen LogP contribution in [0.25, 0.3) is 0 Å². The van der Waals surface area contributed by atoms with Crippen LogP contribution in [0.2, 0.25) is 0 Å². The third kappa shape index (κ3) is 3.01. The second-order valence-electron chi connectivity index (χ2n) is 5.97. The average Bonchev–Trinajstić information content (AvgIpc) is 2.79. The number of imide groups is 1. The highest BCUT2D eigenvalue weighted by atomic mass is 35.5. The van der Waals surface area contributed by atoms with Gasteiger partial charge in [-0.15, -0.1) is 0 Å². The fourth-order valence-electron chi connectivity index (χ4n) is 3.17. The van der Waals surface area contributed by atoms with Crippen molar-refractivity contribution in [2.24, 2.45) is 0 Å². The van der Waals surface area contributed by atoms with E-state index in [-0.39, 0.29) is 22.3 Å². The van der Waals surface area contributed by atoms with Crippen molar-refractivity contribution >= 4 is 35.1 Å². The van der Waals surface area contributed by atoms with Gasteiger partial charge in [-0.3, -0.25) is 14.5 Å². The van der Waals surface area contributed by atoms with Gasteiger partial charge in [0.25, 0.3) is 11.8 Å². The van der Waals surface area contributed by atoms with Gasteiger partial charge >= 0.3 is 5.97 Å². The number of rotatable bonds is 4. The summed E-state index contributed by atoms with van der Waals surface area (Å²) in [6.07, 6.45) is 4.68. The third-order valence-electron chi connectivity index (χ3n) is 4.38. The zero-order valence-electron chi connectivity index (χ0n) is 12.9. The van der Waals surface area contributed by atoms with Gasteiger partial charge < -0.3 is 10.4 Å². The molecule has 24 heavy (non-hydrogen) atoms. The van der Waals surface area contributed by atoms with Crippen LogP contribution < -0.4 is 5.32 Å². The molecular weight excluding hydrogens is 332 g/mol. The summed E-state index contributed by atoms with van der Waals surface area (Å²) < 4.78 is 0. The minimum atomic E-state index is -1.07. The lowest BCUT2D eigenvalue weighted by atomic mass is 9.94. The van der Waals surface area contributed by atoms with Crippen molar-refractivity contribution in [1.82, 2.24) is 4.90 Å². The SMILES string of the molecule is O=C(O)c1cccc(NC2=C(Cl)C(=O)N(C3CCCCC3)C2=O)c1. The Morgan fingerprint density at radius 2 is 1.88 bits per heavy atom. The Morgan fingerprint density at radius 3 is 2.54 bits per heavy atom. The van der Waals surface area contributed by atoms with Gasteiger partial charge in [0.2, 0.25) is 0 Å². The van der Waals surface area contributed by atoms with Gasteiger partial charge in [-0.25, -0.2) is 4.79 Å². The van der Waals surface area contributed by atoms with E-state index >= 15 is 0 Å². The number of benzene rings is 1. The molecule has 2 amide bonds. The van der Waals surface area contributed by atoms with Crippen molar-refractivity contribution in [3.05, 3.63) is 40.6 Å². The molecule has 1 saturated carbocycles. The fourth-order valence-corrected chi connectivity index (χ4v) is 3.39. The van der Waals surface area contributed by atoms with Gasteiger partial charge in [-0.05, 0) is 31.0 Å². The van der Waals surface area contributed by atoms with E-state index in [2.05, 4.69) is 5.32 Å². The molecule has 0 bridgehead atoms. The third-order valence-corrected chi connectivity index (χ3v) is 4.73. The van der Waals surface area contributed by atoms with Crippen LogP contribution in [-0.4, -0.2) is 33.8 Å². The van der Waals surface area contributed by atoms with E-state index < -0.39 is 17.8 Å². The maximum absolute atomic E-state index is 12.6. The number of hydrogen-bond acceptors (Lipinski definition) is 4. The summed E-state index contributed by atoms with van der Waals surface area (Å²) in [5, 5.41) is 11.7. The minimum Gasteiger partial charge on any atom is -0.478 e. The van der Waals surface area contributed by atoms with E-state index in [9.17, 15) is 14.4 Å². The first-order chi connectivity index (χ1) is 11.5. The van der Waals surface area contributed by atoms with Crippen LogP contribution in [0.3, 0.4) is 0 Å². The molecule has 0 radical (unpaired) electrons. The van der Waals surface area contributed by atoms with Gasteiger partial charge in [-0.1, -0.05) is 36.9 Å². The van der Waals surface area contributed by atoms with Crippen LogP contribution in [0.5, 0.6) is 0 Å². The van der Waals surface area contributed by atoms with Gasteiger partial charge in [0.1, 0.15) is 10.7 Å². The number of carbonyl (C=O) groups excluding carboxylic acids is 2. The highest BCUT2D eigenvalue weighted by molar-refractivity contribution is 6.48. The van der Waals surface area contributed by atoms with Crippen molar-refractivity contribution in [3.8, 4) is 0 Å². The average molecular weight is 349 g/mol. The molecule has 3 rings (SSSR count). The van der Waals surface area contributed by atoms with Crippen molar-refractivity contribution < 1.29 is 19.5 Å². The normalized spacial score (nSPS) is 19.1. The predicted molar refractivity (Wildman–Crippen MR) is 88.6 cm³/mol. The summed E-state index contributed by atoms with van der Waals surface area (Å²) in [6, 6.07) is 5.89. The summed E-state index contributed by atoms with van der Waals surface area (Å²) in [6.45, 7) is 0. The quantitative estimate of drug-likeness (QED) is 0.817. The van der Waals surface area contributed by atoms with Crippen LogP contribution in [0, 0.1) is 0 Å². The van der Waals surface area contributed by atoms with Crippen molar-refractivity contribution in [3.63, 3.8) is 0 Å². The number of carbonyl (C=O) groups is 3. The Morgan fingerprint density at radius 1 is 1.17 bits per heavy atom. The summed E-state index contributed by atoms with van der Waals surface area (Å²) in [7, 11) is 0.